The molecule has 2 aromatic heterocycles. The molecule has 108 valence electrons. The zero-order valence-corrected chi connectivity index (χ0v) is 11.9. The fraction of sp³-hybridized carbons (Fsp3) is 0.462. The minimum Gasteiger partial charge on any atom is -0.360 e. The van der Waals surface area contributed by atoms with Gasteiger partial charge in [-0.1, -0.05) is 5.16 Å². The number of carbonyl (C=O) groups excluding carboxylic acids is 1. The van der Waals surface area contributed by atoms with E-state index < -0.39 is 0 Å². The molecule has 0 saturated carbocycles. The molecule has 7 nitrogen and oxygen atoms in total. The number of rotatable bonds is 6. The number of hydrogen-bond acceptors (Lipinski definition) is 5. The van der Waals surface area contributed by atoms with Crippen molar-refractivity contribution in [3.8, 4) is 0 Å². The van der Waals surface area contributed by atoms with Crippen LogP contribution < -0.4 is 10.6 Å². The molecule has 0 radical (unpaired) electrons. The van der Waals surface area contributed by atoms with Crippen molar-refractivity contribution >= 4 is 11.7 Å². The minimum absolute atomic E-state index is 0.138. The molecule has 2 heterocycles. The molecule has 0 spiro atoms. The summed E-state index contributed by atoms with van der Waals surface area (Å²) in [6.45, 7) is 6.70. The van der Waals surface area contributed by atoms with E-state index in [1.807, 2.05) is 30.9 Å². The van der Waals surface area contributed by atoms with Gasteiger partial charge in [0.1, 0.15) is 5.76 Å². The van der Waals surface area contributed by atoms with Gasteiger partial charge < -0.3 is 15.2 Å². The Morgan fingerprint density at radius 2 is 2.30 bits per heavy atom. The van der Waals surface area contributed by atoms with E-state index in [1.165, 1.54) is 0 Å². The van der Waals surface area contributed by atoms with Gasteiger partial charge in [0.2, 0.25) is 5.91 Å². The van der Waals surface area contributed by atoms with Gasteiger partial charge in [0.25, 0.3) is 0 Å². The van der Waals surface area contributed by atoms with Crippen molar-refractivity contribution in [1.82, 2.24) is 20.3 Å². The highest BCUT2D eigenvalue weighted by atomic mass is 16.5. The molecule has 0 aliphatic heterocycles. The van der Waals surface area contributed by atoms with Crippen LogP contribution in [0.2, 0.25) is 0 Å². The van der Waals surface area contributed by atoms with E-state index in [2.05, 4.69) is 20.9 Å². The molecule has 20 heavy (non-hydrogen) atoms. The summed E-state index contributed by atoms with van der Waals surface area (Å²) in [5.41, 5.74) is 1.12. The van der Waals surface area contributed by atoms with E-state index in [4.69, 9.17) is 4.52 Å². The van der Waals surface area contributed by atoms with Crippen LogP contribution in [0.5, 0.6) is 0 Å². The first-order chi connectivity index (χ1) is 9.52. The van der Waals surface area contributed by atoms with E-state index in [1.54, 1.807) is 13.0 Å². The number of anilines is 1. The lowest BCUT2D eigenvalue weighted by Crippen LogP contribution is -2.37. The summed E-state index contributed by atoms with van der Waals surface area (Å²) in [7, 11) is 0. The smallest absolute Gasteiger partial charge is 0.239 e. The Balaban J connectivity index is 1.72. The standard InChI is InChI=1S/C13H19N5O2/c1-9-5-15-18(7-9)8-10(2)14-6-13(19)16-12-4-11(3)20-17-12/h4-5,7,10,14H,6,8H2,1-3H3,(H,16,17,19)/t10-/m0/s1. The van der Waals surface area contributed by atoms with Crippen LogP contribution in [-0.2, 0) is 11.3 Å². The third-order valence-electron chi connectivity index (χ3n) is 2.73. The molecule has 0 bridgehead atoms. The largest absolute Gasteiger partial charge is 0.360 e. The Morgan fingerprint density at radius 3 is 2.90 bits per heavy atom. The molecule has 1 amide bonds. The summed E-state index contributed by atoms with van der Waals surface area (Å²) in [5.74, 6) is 0.946. The fourth-order valence-corrected chi connectivity index (χ4v) is 1.79. The van der Waals surface area contributed by atoms with Gasteiger partial charge in [-0.2, -0.15) is 5.10 Å². The highest BCUT2D eigenvalue weighted by molar-refractivity contribution is 5.91. The second-order valence-corrected chi connectivity index (χ2v) is 4.89. The highest BCUT2D eigenvalue weighted by Gasteiger charge is 2.09. The number of aromatic nitrogens is 3. The average Bonchev–Trinajstić information content (AvgIpc) is 2.96. The van der Waals surface area contributed by atoms with Crippen LogP contribution in [0, 0.1) is 13.8 Å². The van der Waals surface area contributed by atoms with E-state index >= 15 is 0 Å². The molecular weight excluding hydrogens is 258 g/mol. The van der Waals surface area contributed by atoms with E-state index in [9.17, 15) is 4.79 Å². The SMILES string of the molecule is Cc1cnn(C[C@H](C)NCC(=O)Nc2cc(C)on2)c1. The number of nitrogens with one attached hydrogen (secondary N) is 2. The topological polar surface area (TPSA) is 85.0 Å². The Labute approximate surface area is 117 Å². The highest BCUT2D eigenvalue weighted by Crippen LogP contribution is 2.06. The summed E-state index contributed by atoms with van der Waals surface area (Å²) in [6.07, 6.45) is 3.78. The maximum Gasteiger partial charge on any atom is 0.239 e. The number of nitrogens with zero attached hydrogens (tertiary/aromatic N) is 3. The van der Waals surface area contributed by atoms with Crippen molar-refractivity contribution in [2.75, 3.05) is 11.9 Å². The zero-order chi connectivity index (χ0) is 14.5. The predicted octanol–water partition coefficient (Wildman–Crippen LogP) is 1.10. The van der Waals surface area contributed by atoms with Gasteiger partial charge in [-0.3, -0.25) is 9.48 Å². The summed E-state index contributed by atoms with van der Waals surface area (Å²) < 4.78 is 6.73. The fourth-order valence-electron chi connectivity index (χ4n) is 1.79. The first-order valence-electron chi connectivity index (χ1n) is 6.48. The average molecular weight is 277 g/mol. The number of amides is 1. The van der Waals surface area contributed by atoms with Crippen LogP contribution in [0.1, 0.15) is 18.2 Å². The minimum atomic E-state index is -0.151. The number of carbonyl (C=O) groups is 1. The molecule has 0 unspecified atom stereocenters. The van der Waals surface area contributed by atoms with Gasteiger partial charge in [-0.15, -0.1) is 0 Å². The van der Waals surface area contributed by atoms with Crippen LogP contribution in [0.15, 0.2) is 23.0 Å². The van der Waals surface area contributed by atoms with Crippen molar-refractivity contribution in [1.29, 1.82) is 0 Å². The van der Waals surface area contributed by atoms with Crippen molar-refractivity contribution in [2.24, 2.45) is 0 Å². The monoisotopic (exact) mass is 277 g/mol. The molecular formula is C13H19N5O2. The van der Waals surface area contributed by atoms with E-state index in [0.29, 0.717) is 18.1 Å². The third-order valence-corrected chi connectivity index (χ3v) is 2.73. The first kappa shape index (κ1) is 14.3. The second kappa shape index (κ2) is 6.33. The van der Waals surface area contributed by atoms with Gasteiger partial charge in [-0.05, 0) is 26.3 Å². The van der Waals surface area contributed by atoms with Crippen molar-refractivity contribution in [2.45, 2.75) is 33.4 Å². The zero-order valence-electron chi connectivity index (χ0n) is 11.9. The van der Waals surface area contributed by atoms with Crippen LogP contribution in [-0.4, -0.2) is 33.4 Å². The van der Waals surface area contributed by atoms with Crippen LogP contribution >= 0.6 is 0 Å². The normalized spacial score (nSPS) is 12.3. The lowest BCUT2D eigenvalue weighted by Gasteiger charge is -2.13. The molecule has 2 aromatic rings. The molecule has 2 rings (SSSR count). The Kier molecular flexibility index (Phi) is 4.52. The van der Waals surface area contributed by atoms with Gasteiger partial charge in [0, 0.05) is 18.3 Å². The quantitative estimate of drug-likeness (QED) is 0.826. The third kappa shape index (κ3) is 4.20. The lowest BCUT2D eigenvalue weighted by molar-refractivity contribution is -0.115. The van der Waals surface area contributed by atoms with Gasteiger partial charge >= 0.3 is 0 Å². The predicted molar refractivity (Wildman–Crippen MR) is 74.3 cm³/mol. The summed E-state index contributed by atoms with van der Waals surface area (Å²) in [6, 6.07) is 1.81. The Morgan fingerprint density at radius 1 is 1.50 bits per heavy atom. The van der Waals surface area contributed by atoms with Crippen LogP contribution in [0.3, 0.4) is 0 Å². The van der Waals surface area contributed by atoms with Crippen LogP contribution in [0.4, 0.5) is 5.82 Å². The number of hydrogen-bond donors (Lipinski definition) is 2. The summed E-state index contributed by atoms with van der Waals surface area (Å²) in [5, 5.41) is 13.7. The van der Waals surface area contributed by atoms with Crippen LogP contribution in [0.25, 0.3) is 0 Å². The van der Waals surface area contributed by atoms with Gasteiger partial charge in [0.15, 0.2) is 5.82 Å². The molecule has 0 aliphatic carbocycles. The molecule has 1 atom stereocenters. The Bertz CT molecular complexity index is 575. The maximum absolute atomic E-state index is 11.7. The Hall–Kier alpha value is -2.15. The van der Waals surface area contributed by atoms with Crippen molar-refractivity contribution in [3.05, 3.63) is 29.8 Å². The van der Waals surface area contributed by atoms with E-state index in [-0.39, 0.29) is 18.5 Å². The van der Waals surface area contributed by atoms with Crippen molar-refractivity contribution < 1.29 is 9.32 Å². The molecule has 0 fully saturated rings. The first-order valence-corrected chi connectivity index (χ1v) is 6.48. The molecule has 0 saturated heterocycles. The molecule has 0 aromatic carbocycles. The second-order valence-electron chi connectivity index (χ2n) is 4.89. The number of aryl methyl sites for hydroxylation is 2. The van der Waals surface area contributed by atoms with Gasteiger partial charge in [0.05, 0.1) is 19.3 Å². The lowest BCUT2D eigenvalue weighted by atomic mass is 10.3. The van der Waals surface area contributed by atoms with Gasteiger partial charge in [-0.25, -0.2) is 0 Å². The van der Waals surface area contributed by atoms with E-state index in [0.717, 1.165) is 5.56 Å². The molecule has 7 heteroatoms. The summed E-state index contributed by atoms with van der Waals surface area (Å²) >= 11 is 0. The maximum atomic E-state index is 11.7. The molecule has 0 aliphatic rings. The van der Waals surface area contributed by atoms with Crippen molar-refractivity contribution in [3.63, 3.8) is 0 Å². The molecule has 2 N–H and O–H groups in total. The summed E-state index contributed by atoms with van der Waals surface area (Å²) in [4.78, 5) is 11.7.